The highest BCUT2D eigenvalue weighted by molar-refractivity contribution is 5.89. The molecule has 0 aliphatic carbocycles. The van der Waals surface area contributed by atoms with Crippen LogP contribution in [0.25, 0.3) is 0 Å². The first-order chi connectivity index (χ1) is 12.7. The fraction of sp³-hybridized carbons (Fsp3) is 0.211. The summed E-state index contributed by atoms with van der Waals surface area (Å²) < 4.78 is 17.5. The molecule has 0 N–H and O–H groups in total. The summed E-state index contributed by atoms with van der Waals surface area (Å²) in [4.78, 5) is 15.9. The average Bonchev–Trinajstić information content (AvgIpc) is 3.19. The van der Waals surface area contributed by atoms with E-state index in [0.29, 0.717) is 17.9 Å². The minimum absolute atomic E-state index is 0.172. The van der Waals surface area contributed by atoms with E-state index in [9.17, 15) is 4.79 Å². The van der Waals surface area contributed by atoms with Gasteiger partial charge >= 0.3 is 5.97 Å². The highest BCUT2D eigenvalue weighted by Crippen LogP contribution is 2.16. The highest BCUT2D eigenvalue weighted by Gasteiger charge is 2.07. The lowest BCUT2D eigenvalue weighted by Crippen LogP contribution is -2.12. The van der Waals surface area contributed by atoms with Crippen LogP contribution in [0.2, 0.25) is 0 Å². The van der Waals surface area contributed by atoms with Gasteiger partial charge in [-0.2, -0.15) is 5.10 Å². The number of ether oxygens (including phenoxy) is 3. The van der Waals surface area contributed by atoms with Crippen LogP contribution in [0.3, 0.4) is 0 Å². The van der Waals surface area contributed by atoms with Crippen LogP contribution in [0.5, 0.6) is 11.5 Å². The van der Waals surface area contributed by atoms with E-state index >= 15 is 0 Å². The van der Waals surface area contributed by atoms with Crippen LogP contribution in [-0.2, 0) is 11.3 Å². The van der Waals surface area contributed by atoms with Gasteiger partial charge in [0.2, 0.25) is 0 Å². The summed E-state index contributed by atoms with van der Waals surface area (Å²) >= 11 is 0. The first-order valence-electron chi connectivity index (χ1n) is 8.10. The first kappa shape index (κ1) is 17.5. The lowest BCUT2D eigenvalue weighted by Gasteiger charge is -2.08. The van der Waals surface area contributed by atoms with Crippen molar-refractivity contribution in [2.45, 2.75) is 6.54 Å². The van der Waals surface area contributed by atoms with Crippen LogP contribution in [0.4, 0.5) is 0 Å². The number of nitrogens with zero attached hydrogens (tertiary/aromatic N) is 3. The molecule has 0 unspecified atom stereocenters. The first-order valence-corrected chi connectivity index (χ1v) is 8.10. The molecule has 0 amide bonds. The van der Waals surface area contributed by atoms with Gasteiger partial charge in [-0.25, -0.2) is 14.5 Å². The fourth-order valence-electron chi connectivity index (χ4n) is 2.30. The Balaban J connectivity index is 1.42. The molecule has 7 nitrogen and oxygen atoms in total. The van der Waals surface area contributed by atoms with E-state index in [0.717, 1.165) is 11.3 Å². The normalized spacial score (nSPS) is 10.3. The van der Waals surface area contributed by atoms with E-state index in [4.69, 9.17) is 14.2 Å². The molecule has 26 heavy (non-hydrogen) atoms. The van der Waals surface area contributed by atoms with E-state index in [-0.39, 0.29) is 19.2 Å². The van der Waals surface area contributed by atoms with Gasteiger partial charge in [0.1, 0.15) is 37.4 Å². The number of carbonyl (C=O) groups is 1. The lowest BCUT2D eigenvalue weighted by molar-refractivity contribution is 0.0450. The number of aromatic nitrogens is 3. The van der Waals surface area contributed by atoms with E-state index in [1.54, 1.807) is 42.4 Å². The predicted octanol–water partition coefficient (Wildman–Crippen LogP) is 2.57. The summed E-state index contributed by atoms with van der Waals surface area (Å²) in [6.07, 6.45) is 3.13. The largest absolute Gasteiger partial charge is 0.497 e. The van der Waals surface area contributed by atoms with Crippen molar-refractivity contribution in [1.29, 1.82) is 0 Å². The van der Waals surface area contributed by atoms with Gasteiger partial charge in [-0.3, -0.25) is 0 Å². The van der Waals surface area contributed by atoms with Gasteiger partial charge in [0, 0.05) is 0 Å². The number of hydrogen-bond acceptors (Lipinski definition) is 6. The van der Waals surface area contributed by atoms with Crippen molar-refractivity contribution < 1.29 is 19.0 Å². The summed E-state index contributed by atoms with van der Waals surface area (Å²) in [7, 11) is 1.61. The van der Waals surface area contributed by atoms with E-state index in [1.165, 1.54) is 6.33 Å². The maximum atomic E-state index is 12.0. The molecule has 0 radical (unpaired) electrons. The van der Waals surface area contributed by atoms with Gasteiger partial charge in [-0.05, 0) is 42.0 Å². The molecule has 134 valence electrons. The average molecular weight is 353 g/mol. The molecule has 0 bridgehead atoms. The van der Waals surface area contributed by atoms with Crippen LogP contribution >= 0.6 is 0 Å². The minimum atomic E-state index is -0.379. The Morgan fingerprint density at radius 1 is 1.00 bits per heavy atom. The number of hydrogen-bond donors (Lipinski definition) is 0. The molecular formula is C19H19N3O4. The molecule has 0 spiro atoms. The van der Waals surface area contributed by atoms with Crippen LogP contribution in [-0.4, -0.2) is 41.1 Å². The number of carbonyl (C=O) groups excluding carboxylic acids is 1. The Hall–Kier alpha value is -3.35. The second-order valence-electron chi connectivity index (χ2n) is 5.45. The Morgan fingerprint density at radius 2 is 1.73 bits per heavy atom. The maximum Gasteiger partial charge on any atom is 0.338 e. The second kappa shape index (κ2) is 8.66. The molecular weight excluding hydrogens is 334 g/mol. The zero-order chi connectivity index (χ0) is 18.2. The van der Waals surface area contributed by atoms with E-state index in [2.05, 4.69) is 10.1 Å². The Morgan fingerprint density at radius 3 is 2.38 bits per heavy atom. The molecule has 1 heterocycles. The standard InChI is InChI=1S/C19H19N3O4/c1-24-17-6-8-18(9-7-17)25-10-11-26-19(23)16-4-2-15(3-5-16)12-22-14-20-13-21-22/h2-9,13-14H,10-12H2,1H3. The Bertz CT molecular complexity index is 815. The third-order valence-corrected chi connectivity index (χ3v) is 3.65. The van der Waals surface area contributed by atoms with E-state index < -0.39 is 0 Å². The zero-order valence-corrected chi connectivity index (χ0v) is 14.4. The number of rotatable bonds is 8. The van der Waals surface area contributed by atoms with Crippen molar-refractivity contribution in [2.24, 2.45) is 0 Å². The maximum absolute atomic E-state index is 12.0. The van der Waals surface area contributed by atoms with Crippen molar-refractivity contribution in [1.82, 2.24) is 14.8 Å². The minimum Gasteiger partial charge on any atom is -0.497 e. The van der Waals surface area contributed by atoms with Gasteiger partial charge in [-0.15, -0.1) is 0 Å². The summed E-state index contributed by atoms with van der Waals surface area (Å²) in [5, 5.41) is 4.05. The molecule has 0 saturated heterocycles. The lowest BCUT2D eigenvalue weighted by atomic mass is 10.1. The monoisotopic (exact) mass is 353 g/mol. The van der Waals surface area contributed by atoms with Crippen LogP contribution in [0.1, 0.15) is 15.9 Å². The summed E-state index contributed by atoms with van der Waals surface area (Å²) in [6.45, 7) is 1.05. The topological polar surface area (TPSA) is 75.5 Å². The van der Waals surface area contributed by atoms with Crippen molar-refractivity contribution in [2.75, 3.05) is 20.3 Å². The predicted molar refractivity (Wildman–Crippen MR) is 94.3 cm³/mol. The van der Waals surface area contributed by atoms with Crippen LogP contribution in [0, 0.1) is 0 Å². The second-order valence-corrected chi connectivity index (χ2v) is 5.45. The van der Waals surface area contributed by atoms with E-state index in [1.807, 2.05) is 24.3 Å². The SMILES string of the molecule is COc1ccc(OCCOC(=O)c2ccc(Cn3cncn3)cc2)cc1. The smallest absolute Gasteiger partial charge is 0.338 e. The highest BCUT2D eigenvalue weighted by atomic mass is 16.6. The molecule has 0 aliphatic rings. The van der Waals surface area contributed by atoms with Crippen molar-refractivity contribution >= 4 is 5.97 Å². The van der Waals surface area contributed by atoms with Gasteiger partial charge in [0.25, 0.3) is 0 Å². The van der Waals surface area contributed by atoms with Gasteiger partial charge < -0.3 is 14.2 Å². The van der Waals surface area contributed by atoms with Crippen molar-refractivity contribution in [3.63, 3.8) is 0 Å². The molecule has 3 aromatic rings. The molecule has 0 saturated carbocycles. The molecule has 1 aromatic heterocycles. The zero-order valence-electron chi connectivity index (χ0n) is 14.4. The number of esters is 1. The summed E-state index contributed by atoms with van der Waals surface area (Å²) in [6, 6.07) is 14.4. The number of methoxy groups -OCH3 is 1. The Labute approximate surface area is 151 Å². The third-order valence-electron chi connectivity index (χ3n) is 3.65. The van der Waals surface area contributed by atoms with Crippen molar-refractivity contribution in [3.8, 4) is 11.5 Å². The van der Waals surface area contributed by atoms with Gasteiger partial charge in [-0.1, -0.05) is 12.1 Å². The third kappa shape index (κ3) is 4.83. The summed E-state index contributed by atoms with van der Waals surface area (Å²) in [5.74, 6) is 1.07. The fourth-order valence-corrected chi connectivity index (χ4v) is 2.30. The molecule has 0 atom stereocenters. The van der Waals surface area contributed by atoms with Crippen molar-refractivity contribution in [3.05, 3.63) is 72.3 Å². The summed E-state index contributed by atoms with van der Waals surface area (Å²) in [5.41, 5.74) is 1.52. The number of benzene rings is 2. The molecule has 0 aliphatic heterocycles. The Kier molecular flexibility index (Phi) is 5.82. The molecule has 2 aromatic carbocycles. The molecule has 3 rings (SSSR count). The van der Waals surface area contributed by atoms with Crippen LogP contribution in [0.15, 0.2) is 61.2 Å². The molecule has 0 fully saturated rings. The molecule has 7 heteroatoms. The quantitative estimate of drug-likeness (QED) is 0.458. The van der Waals surface area contributed by atoms with Gasteiger partial charge in [0.05, 0.1) is 19.2 Å². The van der Waals surface area contributed by atoms with Crippen LogP contribution < -0.4 is 9.47 Å². The van der Waals surface area contributed by atoms with Gasteiger partial charge in [0.15, 0.2) is 0 Å².